The number of amides is 1. The van der Waals surface area contributed by atoms with Crippen LogP contribution in [0.3, 0.4) is 0 Å². The molecule has 0 radical (unpaired) electrons. The molecule has 1 aromatic carbocycles. The van der Waals surface area contributed by atoms with Crippen LogP contribution in [0, 0.1) is 0 Å². The SMILES string of the molecule is C=CCNC(=O)[C@H](CC)Oc1ccc(N(C)S(C)(=O)=O)cc1. The van der Waals surface area contributed by atoms with E-state index < -0.39 is 16.1 Å². The van der Waals surface area contributed by atoms with Crippen LogP contribution in [0.15, 0.2) is 36.9 Å². The van der Waals surface area contributed by atoms with Gasteiger partial charge in [0.05, 0.1) is 11.9 Å². The Hall–Kier alpha value is -2.02. The molecule has 122 valence electrons. The predicted molar refractivity (Wildman–Crippen MR) is 87.6 cm³/mol. The molecule has 0 fully saturated rings. The minimum absolute atomic E-state index is 0.209. The minimum atomic E-state index is -3.30. The lowest BCUT2D eigenvalue weighted by molar-refractivity contribution is -0.127. The van der Waals surface area contributed by atoms with Crippen LogP contribution in [-0.2, 0) is 14.8 Å². The quantitative estimate of drug-likeness (QED) is 0.735. The van der Waals surface area contributed by atoms with Gasteiger partial charge in [0.1, 0.15) is 5.75 Å². The van der Waals surface area contributed by atoms with Crippen molar-refractivity contribution in [3.05, 3.63) is 36.9 Å². The van der Waals surface area contributed by atoms with Crippen molar-refractivity contribution >= 4 is 21.6 Å². The highest BCUT2D eigenvalue weighted by molar-refractivity contribution is 7.92. The molecule has 0 aliphatic heterocycles. The number of hydrogen-bond donors (Lipinski definition) is 1. The summed E-state index contributed by atoms with van der Waals surface area (Å²) < 4.78 is 29.7. The predicted octanol–water partition coefficient (Wildman–Crippen LogP) is 1.54. The number of anilines is 1. The maximum atomic E-state index is 11.9. The van der Waals surface area contributed by atoms with Crippen molar-refractivity contribution in [2.75, 3.05) is 24.2 Å². The lowest BCUT2D eigenvalue weighted by Crippen LogP contribution is -2.38. The van der Waals surface area contributed by atoms with Crippen molar-refractivity contribution in [3.63, 3.8) is 0 Å². The third-order valence-electron chi connectivity index (χ3n) is 3.06. The van der Waals surface area contributed by atoms with Crippen LogP contribution in [0.5, 0.6) is 5.75 Å². The zero-order valence-corrected chi connectivity index (χ0v) is 13.9. The first-order valence-electron chi connectivity index (χ1n) is 6.88. The maximum Gasteiger partial charge on any atom is 0.261 e. The molecule has 7 heteroatoms. The fourth-order valence-corrected chi connectivity index (χ4v) is 2.20. The number of ether oxygens (including phenoxy) is 1. The molecule has 0 heterocycles. The molecule has 6 nitrogen and oxygen atoms in total. The highest BCUT2D eigenvalue weighted by Crippen LogP contribution is 2.21. The summed E-state index contributed by atoms with van der Waals surface area (Å²) in [6.45, 7) is 5.78. The summed E-state index contributed by atoms with van der Waals surface area (Å²) in [7, 11) is -1.83. The first-order valence-corrected chi connectivity index (χ1v) is 8.73. The van der Waals surface area contributed by atoms with Crippen molar-refractivity contribution in [3.8, 4) is 5.75 Å². The minimum Gasteiger partial charge on any atom is -0.481 e. The zero-order chi connectivity index (χ0) is 16.8. The number of nitrogens with one attached hydrogen (secondary N) is 1. The van der Waals surface area contributed by atoms with E-state index in [-0.39, 0.29) is 5.91 Å². The lowest BCUT2D eigenvalue weighted by Gasteiger charge is -2.19. The van der Waals surface area contributed by atoms with Crippen molar-refractivity contribution in [2.24, 2.45) is 0 Å². The molecule has 0 aliphatic rings. The van der Waals surface area contributed by atoms with Crippen LogP contribution < -0.4 is 14.4 Å². The lowest BCUT2D eigenvalue weighted by atomic mass is 10.2. The molecule has 0 unspecified atom stereocenters. The van der Waals surface area contributed by atoms with E-state index in [4.69, 9.17) is 4.74 Å². The third kappa shape index (κ3) is 5.07. The molecule has 0 aliphatic carbocycles. The summed E-state index contributed by atoms with van der Waals surface area (Å²) in [6, 6.07) is 6.54. The fraction of sp³-hybridized carbons (Fsp3) is 0.400. The van der Waals surface area contributed by atoms with E-state index in [1.54, 1.807) is 30.3 Å². The highest BCUT2D eigenvalue weighted by Gasteiger charge is 2.18. The average molecular weight is 326 g/mol. The van der Waals surface area contributed by atoms with E-state index in [1.165, 1.54) is 11.4 Å². The molecular weight excluding hydrogens is 304 g/mol. The second kappa shape index (κ2) is 7.84. The molecule has 0 aromatic heterocycles. The van der Waals surface area contributed by atoms with Crippen LogP contribution >= 0.6 is 0 Å². The van der Waals surface area contributed by atoms with E-state index in [9.17, 15) is 13.2 Å². The maximum absolute atomic E-state index is 11.9. The third-order valence-corrected chi connectivity index (χ3v) is 4.27. The summed E-state index contributed by atoms with van der Waals surface area (Å²) in [5, 5.41) is 2.68. The fourth-order valence-electron chi connectivity index (χ4n) is 1.70. The zero-order valence-electron chi connectivity index (χ0n) is 13.1. The van der Waals surface area contributed by atoms with Gasteiger partial charge in [-0.1, -0.05) is 13.0 Å². The number of sulfonamides is 1. The van der Waals surface area contributed by atoms with E-state index in [0.29, 0.717) is 24.4 Å². The number of hydrogen-bond acceptors (Lipinski definition) is 4. The van der Waals surface area contributed by atoms with Crippen molar-refractivity contribution in [1.82, 2.24) is 5.32 Å². The Kier molecular flexibility index (Phi) is 6.42. The molecule has 0 saturated carbocycles. The molecule has 22 heavy (non-hydrogen) atoms. The van der Waals surface area contributed by atoms with Gasteiger partial charge in [0, 0.05) is 13.6 Å². The number of carbonyl (C=O) groups is 1. The van der Waals surface area contributed by atoms with Crippen LogP contribution in [0.25, 0.3) is 0 Å². The topological polar surface area (TPSA) is 75.7 Å². The summed E-state index contributed by atoms with van der Waals surface area (Å²) in [5.74, 6) is 0.297. The Balaban J connectivity index is 2.78. The molecular formula is C15H22N2O4S. The number of nitrogens with zero attached hydrogens (tertiary/aromatic N) is 1. The van der Waals surface area contributed by atoms with E-state index in [2.05, 4.69) is 11.9 Å². The van der Waals surface area contributed by atoms with Crippen LogP contribution in [-0.4, -0.2) is 40.3 Å². The van der Waals surface area contributed by atoms with Gasteiger partial charge in [0.15, 0.2) is 6.10 Å². The standard InChI is InChI=1S/C15H22N2O4S/c1-5-11-16-15(18)14(6-2)21-13-9-7-12(8-10-13)17(3)22(4,19)20/h5,7-10,14H,1,6,11H2,2-4H3,(H,16,18)/t14-/m0/s1. The number of carbonyl (C=O) groups excluding carboxylic acids is 1. The monoisotopic (exact) mass is 326 g/mol. The first-order chi connectivity index (χ1) is 10.3. The second-order valence-corrected chi connectivity index (χ2v) is 6.79. The van der Waals surface area contributed by atoms with Crippen molar-refractivity contribution in [2.45, 2.75) is 19.4 Å². The Morgan fingerprint density at radius 2 is 2.00 bits per heavy atom. The largest absolute Gasteiger partial charge is 0.481 e. The summed E-state index contributed by atoms with van der Waals surface area (Å²) in [5.41, 5.74) is 0.527. The Bertz CT molecular complexity index is 611. The smallest absolute Gasteiger partial charge is 0.261 e. The average Bonchev–Trinajstić information content (AvgIpc) is 2.49. The molecule has 1 N–H and O–H groups in total. The van der Waals surface area contributed by atoms with E-state index in [1.807, 2.05) is 6.92 Å². The summed E-state index contributed by atoms with van der Waals surface area (Å²) in [4.78, 5) is 11.9. The second-order valence-electron chi connectivity index (χ2n) is 4.77. The van der Waals surface area contributed by atoms with Gasteiger partial charge in [0.2, 0.25) is 10.0 Å². The van der Waals surface area contributed by atoms with Crippen molar-refractivity contribution < 1.29 is 17.9 Å². The number of benzene rings is 1. The Morgan fingerprint density at radius 3 is 2.45 bits per heavy atom. The van der Waals surface area contributed by atoms with Crippen molar-refractivity contribution in [1.29, 1.82) is 0 Å². The molecule has 0 saturated heterocycles. The molecule has 1 amide bonds. The summed E-state index contributed by atoms with van der Waals surface area (Å²) in [6.07, 6.45) is 2.65. The highest BCUT2D eigenvalue weighted by atomic mass is 32.2. The van der Waals surface area contributed by atoms with Gasteiger partial charge in [-0.05, 0) is 30.7 Å². The molecule has 0 spiro atoms. The van der Waals surface area contributed by atoms with Gasteiger partial charge in [-0.15, -0.1) is 6.58 Å². The first kappa shape index (κ1) is 18.0. The van der Waals surface area contributed by atoms with Gasteiger partial charge in [-0.25, -0.2) is 8.42 Å². The van der Waals surface area contributed by atoms with Gasteiger partial charge in [-0.2, -0.15) is 0 Å². The molecule has 1 rings (SSSR count). The van der Waals surface area contributed by atoms with E-state index >= 15 is 0 Å². The molecule has 0 bridgehead atoms. The van der Waals surface area contributed by atoms with Crippen LogP contribution in [0.1, 0.15) is 13.3 Å². The molecule has 1 aromatic rings. The van der Waals surface area contributed by atoms with Crippen LogP contribution in [0.4, 0.5) is 5.69 Å². The summed E-state index contributed by atoms with van der Waals surface area (Å²) >= 11 is 0. The Labute approximate surface area is 131 Å². The normalized spacial score (nSPS) is 12.3. The van der Waals surface area contributed by atoms with Gasteiger partial charge >= 0.3 is 0 Å². The molecule has 1 atom stereocenters. The number of rotatable bonds is 8. The van der Waals surface area contributed by atoms with Gasteiger partial charge < -0.3 is 10.1 Å². The van der Waals surface area contributed by atoms with Gasteiger partial charge in [-0.3, -0.25) is 9.10 Å². The van der Waals surface area contributed by atoms with E-state index in [0.717, 1.165) is 6.26 Å². The Morgan fingerprint density at radius 1 is 1.41 bits per heavy atom. The van der Waals surface area contributed by atoms with Gasteiger partial charge in [0.25, 0.3) is 5.91 Å². The van der Waals surface area contributed by atoms with Crippen LogP contribution in [0.2, 0.25) is 0 Å².